The van der Waals surface area contributed by atoms with E-state index < -0.39 is 5.41 Å². The van der Waals surface area contributed by atoms with Gasteiger partial charge in [0.05, 0.1) is 5.41 Å². The van der Waals surface area contributed by atoms with E-state index in [1.165, 1.54) is 0 Å². The highest BCUT2D eigenvalue weighted by atomic mass is 16.5. The average molecular weight is 215 g/mol. The van der Waals surface area contributed by atoms with Gasteiger partial charge in [0.25, 0.3) is 0 Å². The Morgan fingerprint density at radius 2 is 1.53 bits per heavy atom. The number of rotatable bonds is 2. The molecule has 15 heavy (non-hydrogen) atoms. The molecule has 0 radical (unpaired) electrons. The molecule has 0 aliphatic heterocycles. The van der Waals surface area contributed by atoms with E-state index in [4.69, 9.17) is 10.5 Å². The van der Waals surface area contributed by atoms with Gasteiger partial charge in [0, 0.05) is 6.04 Å². The fraction of sp³-hybridized carbons (Fsp3) is 0.917. The normalized spacial score (nSPS) is 17.1. The molecule has 0 fully saturated rings. The van der Waals surface area contributed by atoms with Crippen molar-refractivity contribution in [2.75, 3.05) is 0 Å². The van der Waals surface area contributed by atoms with Crippen LogP contribution in [-0.2, 0) is 9.53 Å². The van der Waals surface area contributed by atoms with Gasteiger partial charge in [-0.1, -0.05) is 20.8 Å². The van der Waals surface area contributed by atoms with Crippen LogP contribution in [-0.4, -0.2) is 18.1 Å². The SMILES string of the molecule is CC(OC(=O)C(C)(C)C)C(N)C(C)(C)C. The van der Waals surface area contributed by atoms with Crippen molar-refractivity contribution in [2.24, 2.45) is 16.6 Å². The third-order valence-corrected chi connectivity index (χ3v) is 2.41. The summed E-state index contributed by atoms with van der Waals surface area (Å²) in [4.78, 5) is 11.6. The second-order valence-corrected chi connectivity index (χ2v) is 6.25. The van der Waals surface area contributed by atoms with Gasteiger partial charge in [0.15, 0.2) is 0 Å². The zero-order chi connectivity index (χ0) is 12.4. The summed E-state index contributed by atoms with van der Waals surface area (Å²) in [6.07, 6.45) is -0.253. The Bertz CT molecular complexity index is 223. The van der Waals surface area contributed by atoms with E-state index >= 15 is 0 Å². The van der Waals surface area contributed by atoms with Crippen LogP contribution in [0.3, 0.4) is 0 Å². The maximum atomic E-state index is 11.6. The quantitative estimate of drug-likeness (QED) is 0.719. The molecule has 2 unspecified atom stereocenters. The number of esters is 1. The molecule has 2 N–H and O–H groups in total. The Balaban J connectivity index is 4.39. The Morgan fingerprint density at radius 1 is 1.13 bits per heavy atom. The molecule has 0 rings (SSSR count). The molecule has 0 saturated heterocycles. The molecule has 0 aromatic rings. The predicted octanol–water partition coefficient (Wildman–Crippen LogP) is 2.34. The van der Waals surface area contributed by atoms with Crippen molar-refractivity contribution in [1.29, 1.82) is 0 Å². The van der Waals surface area contributed by atoms with Gasteiger partial charge < -0.3 is 10.5 Å². The third-order valence-electron chi connectivity index (χ3n) is 2.41. The summed E-state index contributed by atoms with van der Waals surface area (Å²) < 4.78 is 5.34. The molecule has 0 amide bonds. The number of carbonyl (C=O) groups is 1. The minimum absolute atomic E-state index is 0.0580. The van der Waals surface area contributed by atoms with E-state index in [0.29, 0.717) is 0 Å². The summed E-state index contributed by atoms with van der Waals surface area (Å²) in [5, 5.41) is 0. The molecule has 0 spiro atoms. The summed E-state index contributed by atoms with van der Waals surface area (Å²) in [7, 11) is 0. The maximum Gasteiger partial charge on any atom is 0.311 e. The summed E-state index contributed by atoms with van der Waals surface area (Å²) in [5.41, 5.74) is 5.48. The summed E-state index contributed by atoms with van der Waals surface area (Å²) in [6, 6.07) is -0.149. The molecule has 0 aliphatic rings. The van der Waals surface area contributed by atoms with Crippen LogP contribution in [0.15, 0.2) is 0 Å². The van der Waals surface area contributed by atoms with Gasteiger partial charge in [-0.2, -0.15) is 0 Å². The Kier molecular flexibility index (Phi) is 4.35. The first-order chi connectivity index (χ1) is 6.46. The van der Waals surface area contributed by atoms with Gasteiger partial charge in [-0.25, -0.2) is 0 Å². The molecular weight excluding hydrogens is 190 g/mol. The number of hydrogen-bond acceptors (Lipinski definition) is 3. The van der Waals surface area contributed by atoms with E-state index in [1.54, 1.807) is 0 Å². The molecule has 3 heteroatoms. The highest BCUT2D eigenvalue weighted by Gasteiger charge is 2.31. The Labute approximate surface area is 93.4 Å². The fourth-order valence-electron chi connectivity index (χ4n) is 1.12. The minimum Gasteiger partial charge on any atom is -0.461 e. The molecule has 2 atom stereocenters. The molecule has 0 aliphatic carbocycles. The maximum absolute atomic E-state index is 11.6. The second-order valence-electron chi connectivity index (χ2n) is 6.25. The van der Waals surface area contributed by atoms with Gasteiger partial charge in [0.2, 0.25) is 0 Å². The largest absolute Gasteiger partial charge is 0.461 e. The van der Waals surface area contributed by atoms with Crippen LogP contribution in [0, 0.1) is 10.8 Å². The zero-order valence-corrected chi connectivity index (χ0v) is 11.0. The first kappa shape index (κ1) is 14.4. The standard InChI is InChI=1S/C12H25NO2/c1-8(9(13)11(2,3)4)15-10(14)12(5,6)7/h8-9H,13H2,1-7H3. The number of carbonyl (C=O) groups excluding carboxylic acids is 1. The lowest BCUT2D eigenvalue weighted by Crippen LogP contribution is -2.46. The first-order valence-electron chi connectivity index (χ1n) is 5.43. The van der Waals surface area contributed by atoms with Crippen LogP contribution in [0.1, 0.15) is 48.5 Å². The molecule has 0 aromatic carbocycles. The zero-order valence-electron chi connectivity index (χ0n) is 11.0. The van der Waals surface area contributed by atoms with Crippen LogP contribution in [0.5, 0.6) is 0 Å². The van der Waals surface area contributed by atoms with Crippen molar-refractivity contribution in [3.8, 4) is 0 Å². The van der Waals surface area contributed by atoms with Crippen LogP contribution in [0.4, 0.5) is 0 Å². The van der Waals surface area contributed by atoms with Gasteiger partial charge in [-0.3, -0.25) is 4.79 Å². The lowest BCUT2D eigenvalue weighted by molar-refractivity contribution is -0.159. The number of hydrogen-bond donors (Lipinski definition) is 1. The van der Waals surface area contributed by atoms with Gasteiger partial charge in [-0.05, 0) is 33.1 Å². The minimum atomic E-state index is -0.466. The molecule has 0 heterocycles. The van der Waals surface area contributed by atoms with Gasteiger partial charge in [0.1, 0.15) is 6.10 Å². The van der Waals surface area contributed by atoms with Crippen molar-refractivity contribution in [3.63, 3.8) is 0 Å². The smallest absolute Gasteiger partial charge is 0.311 e. The van der Waals surface area contributed by atoms with Crippen LogP contribution in [0.25, 0.3) is 0 Å². The summed E-state index contributed by atoms with van der Waals surface area (Å²) >= 11 is 0. The fourth-order valence-corrected chi connectivity index (χ4v) is 1.12. The third kappa shape index (κ3) is 4.65. The highest BCUT2D eigenvalue weighted by molar-refractivity contribution is 5.75. The Hall–Kier alpha value is -0.570. The van der Waals surface area contributed by atoms with E-state index in [1.807, 2.05) is 48.5 Å². The van der Waals surface area contributed by atoms with Crippen LogP contribution < -0.4 is 5.73 Å². The van der Waals surface area contributed by atoms with Crippen LogP contribution >= 0.6 is 0 Å². The van der Waals surface area contributed by atoms with Crippen molar-refractivity contribution in [2.45, 2.75) is 60.6 Å². The van der Waals surface area contributed by atoms with Crippen molar-refractivity contribution in [3.05, 3.63) is 0 Å². The predicted molar refractivity (Wildman–Crippen MR) is 62.4 cm³/mol. The van der Waals surface area contributed by atoms with E-state index in [9.17, 15) is 4.79 Å². The average Bonchev–Trinajstić information content (AvgIpc) is 1.99. The molecule has 0 aromatic heterocycles. The van der Waals surface area contributed by atoms with Crippen molar-refractivity contribution < 1.29 is 9.53 Å². The van der Waals surface area contributed by atoms with Crippen LogP contribution in [0.2, 0.25) is 0 Å². The van der Waals surface area contributed by atoms with Gasteiger partial charge in [-0.15, -0.1) is 0 Å². The molecule has 3 nitrogen and oxygen atoms in total. The topological polar surface area (TPSA) is 52.3 Å². The summed E-state index contributed by atoms with van der Waals surface area (Å²) in [6.45, 7) is 13.5. The molecule has 90 valence electrons. The number of nitrogens with two attached hydrogens (primary N) is 1. The lowest BCUT2D eigenvalue weighted by Gasteiger charge is -2.33. The Morgan fingerprint density at radius 3 is 1.80 bits per heavy atom. The van der Waals surface area contributed by atoms with Crippen molar-refractivity contribution in [1.82, 2.24) is 0 Å². The van der Waals surface area contributed by atoms with Gasteiger partial charge >= 0.3 is 5.97 Å². The highest BCUT2D eigenvalue weighted by Crippen LogP contribution is 2.23. The monoisotopic (exact) mass is 215 g/mol. The van der Waals surface area contributed by atoms with E-state index in [2.05, 4.69) is 0 Å². The first-order valence-corrected chi connectivity index (χ1v) is 5.43. The van der Waals surface area contributed by atoms with E-state index in [0.717, 1.165) is 0 Å². The number of ether oxygens (including phenoxy) is 1. The molecule has 0 saturated carbocycles. The van der Waals surface area contributed by atoms with Crippen molar-refractivity contribution >= 4 is 5.97 Å². The summed E-state index contributed by atoms with van der Waals surface area (Å²) in [5.74, 6) is -0.199. The molecule has 0 bridgehead atoms. The second kappa shape index (κ2) is 4.52. The molecular formula is C12H25NO2. The lowest BCUT2D eigenvalue weighted by atomic mass is 9.84. The van der Waals surface area contributed by atoms with E-state index in [-0.39, 0.29) is 23.5 Å².